The number of benzene rings is 3. The summed E-state index contributed by atoms with van der Waals surface area (Å²) < 4.78 is 16.1. The number of hydrogen-bond donors (Lipinski definition) is 2. The highest BCUT2D eigenvalue weighted by molar-refractivity contribution is 6.31. The van der Waals surface area contributed by atoms with Crippen LogP contribution in [0.15, 0.2) is 66.7 Å². The van der Waals surface area contributed by atoms with E-state index in [1.165, 1.54) is 14.2 Å². The molecule has 0 aromatic heterocycles. The van der Waals surface area contributed by atoms with Gasteiger partial charge in [0.25, 0.3) is 11.8 Å². The SMILES string of the molecule is COc1ccc(C(=O)N(CCCN)Cc2cc(NC(=O)COc3ccccc3)ccc2Cl)cc1OC. The molecule has 3 N–H and O–H groups in total. The maximum absolute atomic E-state index is 13.4. The van der Waals surface area contributed by atoms with Gasteiger partial charge in [-0.15, -0.1) is 0 Å². The van der Waals surface area contributed by atoms with Crippen LogP contribution in [0.4, 0.5) is 5.69 Å². The average molecular weight is 512 g/mol. The number of carbonyl (C=O) groups excluding carboxylic acids is 2. The normalized spacial score (nSPS) is 10.4. The van der Waals surface area contributed by atoms with Gasteiger partial charge in [0.15, 0.2) is 18.1 Å². The number of rotatable bonds is 12. The van der Waals surface area contributed by atoms with Crippen LogP contribution in [0.25, 0.3) is 0 Å². The molecule has 0 unspecified atom stereocenters. The molecule has 0 saturated heterocycles. The number of para-hydroxylation sites is 1. The molecular weight excluding hydrogens is 482 g/mol. The molecular formula is C27H30ClN3O5. The Morgan fingerprint density at radius 2 is 1.72 bits per heavy atom. The monoisotopic (exact) mass is 511 g/mol. The van der Waals surface area contributed by atoms with Gasteiger partial charge in [0.1, 0.15) is 5.75 Å². The van der Waals surface area contributed by atoms with Crippen LogP contribution < -0.4 is 25.3 Å². The highest BCUT2D eigenvalue weighted by Crippen LogP contribution is 2.29. The number of amides is 2. The smallest absolute Gasteiger partial charge is 0.262 e. The maximum Gasteiger partial charge on any atom is 0.262 e. The van der Waals surface area contributed by atoms with Gasteiger partial charge in [-0.1, -0.05) is 29.8 Å². The van der Waals surface area contributed by atoms with E-state index in [2.05, 4.69) is 5.32 Å². The number of carbonyl (C=O) groups is 2. The Morgan fingerprint density at radius 1 is 0.972 bits per heavy atom. The Bertz CT molecular complexity index is 1170. The molecule has 2 amide bonds. The molecule has 0 aliphatic heterocycles. The molecule has 3 rings (SSSR count). The van der Waals surface area contributed by atoms with E-state index in [-0.39, 0.29) is 25.0 Å². The number of nitrogens with one attached hydrogen (secondary N) is 1. The van der Waals surface area contributed by atoms with Gasteiger partial charge in [0.05, 0.1) is 14.2 Å². The molecule has 9 heteroatoms. The van der Waals surface area contributed by atoms with E-state index in [1.54, 1.807) is 53.4 Å². The molecule has 0 spiro atoms. The van der Waals surface area contributed by atoms with Crippen LogP contribution in [0, 0.1) is 0 Å². The van der Waals surface area contributed by atoms with Crippen molar-refractivity contribution in [2.75, 3.05) is 39.2 Å². The molecule has 0 heterocycles. The zero-order chi connectivity index (χ0) is 25.9. The Hall–Kier alpha value is -3.75. The quantitative estimate of drug-likeness (QED) is 0.374. The molecule has 3 aromatic carbocycles. The summed E-state index contributed by atoms with van der Waals surface area (Å²) in [6.07, 6.45) is 0.615. The van der Waals surface area contributed by atoms with Crippen molar-refractivity contribution in [2.45, 2.75) is 13.0 Å². The summed E-state index contributed by atoms with van der Waals surface area (Å²) >= 11 is 6.45. The second-order valence-electron chi connectivity index (χ2n) is 7.89. The topological polar surface area (TPSA) is 103 Å². The van der Waals surface area contributed by atoms with Gasteiger partial charge < -0.3 is 30.2 Å². The number of nitrogens with zero attached hydrogens (tertiary/aromatic N) is 1. The number of anilines is 1. The number of methoxy groups -OCH3 is 2. The molecule has 0 fully saturated rings. The molecule has 0 radical (unpaired) electrons. The molecule has 36 heavy (non-hydrogen) atoms. The molecule has 3 aromatic rings. The van der Waals surface area contributed by atoms with Crippen molar-refractivity contribution in [1.82, 2.24) is 4.90 Å². The van der Waals surface area contributed by atoms with Gasteiger partial charge in [-0.3, -0.25) is 9.59 Å². The van der Waals surface area contributed by atoms with Crippen LogP contribution in [-0.4, -0.2) is 50.6 Å². The lowest BCUT2D eigenvalue weighted by Gasteiger charge is -2.24. The van der Waals surface area contributed by atoms with E-state index in [0.29, 0.717) is 58.6 Å². The van der Waals surface area contributed by atoms with Gasteiger partial charge in [-0.05, 0) is 67.1 Å². The lowest BCUT2D eigenvalue weighted by molar-refractivity contribution is -0.118. The van der Waals surface area contributed by atoms with Crippen molar-refractivity contribution >= 4 is 29.1 Å². The Morgan fingerprint density at radius 3 is 2.42 bits per heavy atom. The van der Waals surface area contributed by atoms with Crippen molar-refractivity contribution in [3.05, 3.63) is 82.9 Å². The fourth-order valence-electron chi connectivity index (χ4n) is 3.53. The van der Waals surface area contributed by atoms with Gasteiger partial charge in [-0.25, -0.2) is 0 Å². The second kappa shape index (κ2) is 13.4. The Kier molecular flexibility index (Phi) is 9.97. The lowest BCUT2D eigenvalue weighted by Crippen LogP contribution is -2.32. The van der Waals surface area contributed by atoms with Crippen LogP contribution in [0.2, 0.25) is 5.02 Å². The fourth-order valence-corrected chi connectivity index (χ4v) is 3.71. The van der Waals surface area contributed by atoms with E-state index >= 15 is 0 Å². The first-order valence-electron chi connectivity index (χ1n) is 11.4. The van der Waals surface area contributed by atoms with Crippen molar-refractivity contribution in [3.63, 3.8) is 0 Å². The van der Waals surface area contributed by atoms with E-state index in [4.69, 9.17) is 31.5 Å². The predicted octanol–water partition coefficient (Wildman–Crippen LogP) is 4.37. The van der Waals surface area contributed by atoms with Gasteiger partial charge in [0.2, 0.25) is 0 Å². The third-order valence-corrected chi connectivity index (χ3v) is 5.72. The van der Waals surface area contributed by atoms with Crippen molar-refractivity contribution in [3.8, 4) is 17.2 Å². The number of ether oxygens (including phenoxy) is 3. The summed E-state index contributed by atoms with van der Waals surface area (Å²) in [6.45, 7) is 0.959. The highest BCUT2D eigenvalue weighted by atomic mass is 35.5. The van der Waals surface area contributed by atoms with Crippen LogP contribution >= 0.6 is 11.6 Å². The average Bonchev–Trinajstić information content (AvgIpc) is 2.91. The summed E-state index contributed by atoms with van der Waals surface area (Å²) in [6, 6.07) is 19.2. The Balaban J connectivity index is 1.74. The maximum atomic E-state index is 13.4. The predicted molar refractivity (Wildman–Crippen MR) is 140 cm³/mol. The first-order chi connectivity index (χ1) is 17.4. The minimum atomic E-state index is -0.312. The molecule has 0 saturated carbocycles. The molecule has 190 valence electrons. The summed E-state index contributed by atoms with van der Waals surface area (Å²) in [5.41, 5.74) is 7.39. The summed E-state index contributed by atoms with van der Waals surface area (Å²) in [5.74, 6) is 1.08. The van der Waals surface area contributed by atoms with Crippen molar-refractivity contribution in [1.29, 1.82) is 0 Å². The largest absolute Gasteiger partial charge is 0.493 e. The van der Waals surface area contributed by atoms with E-state index in [1.807, 2.05) is 18.2 Å². The first-order valence-corrected chi connectivity index (χ1v) is 11.8. The third-order valence-electron chi connectivity index (χ3n) is 5.35. The molecule has 0 bridgehead atoms. The highest BCUT2D eigenvalue weighted by Gasteiger charge is 2.19. The van der Waals surface area contributed by atoms with Crippen LogP contribution in [0.3, 0.4) is 0 Å². The molecule has 8 nitrogen and oxygen atoms in total. The lowest BCUT2D eigenvalue weighted by atomic mass is 10.1. The molecule has 0 aliphatic carbocycles. The van der Waals surface area contributed by atoms with Crippen LogP contribution in [-0.2, 0) is 11.3 Å². The first kappa shape index (κ1) is 26.8. The molecule has 0 atom stereocenters. The van der Waals surface area contributed by atoms with Gasteiger partial charge in [-0.2, -0.15) is 0 Å². The molecule has 0 aliphatic rings. The van der Waals surface area contributed by atoms with Gasteiger partial charge in [0, 0.05) is 29.4 Å². The minimum Gasteiger partial charge on any atom is -0.493 e. The number of nitrogens with two attached hydrogens (primary N) is 1. The van der Waals surface area contributed by atoms with Gasteiger partial charge >= 0.3 is 0 Å². The van der Waals surface area contributed by atoms with Crippen LogP contribution in [0.5, 0.6) is 17.2 Å². The van der Waals surface area contributed by atoms with E-state index in [0.717, 1.165) is 0 Å². The van der Waals surface area contributed by atoms with Crippen molar-refractivity contribution < 1.29 is 23.8 Å². The Labute approximate surface area is 215 Å². The summed E-state index contributed by atoms with van der Waals surface area (Å²) in [5, 5.41) is 3.29. The zero-order valence-corrected chi connectivity index (χ0v) is 21.1. The standard InChI is InChI=1S/C27H30ClN3O5/c1-34-24-12-9-19(16-25(24)35-2)27(33)31(14-6-13-29)17-20-15-21(10-11-23(20)28)30-26(32)18-36-22-7-4-3-5-8-22/h3-5,7-12,15-16H,6,13-14,17-18,29H2,1-2H3,(H,30,32). The summed E-state index contributed by atoms with van der Waals surface area (Å²) in [7, 11) is 3.05. The van der Waals surface area contributed by atoms with Crippen molar-refractivity contribution in [2.24, 2.45) is 5.73 Å². The number of halogens is 1. The zero-order valence-electron chi connectivity index (χ0n) is 20.3. The second-order valence-corrected chi connectivity index (χ2v) is 8.30. The number of hydrogen-bond acceptors (Lipinski definition) is 6. The minimum absolute atomic E-state index is 0.137. The summed E-state index contributed by atoms with van der Waals surface area (Å²) in [4.78, 5) is 27.4. The third kappa shape index (κ3) is 7.37. The van der Waals surface area contributed by atoms with E-state index in [9.17, 15) is 9.59 Å². The van der Waals surface area contributed by atoms with E-state index < -0.39 is 0 Å². The fraction of sp³-hybridized carbons (Fsp3) is 0.259. The van der Waals surface area contributed by atoms with Crippen LogP contribution in [0.1, 0.15) is 22.3 Å².